The molecule has 0 bridgehead atoms. The van der Waals surface area contributed by atoms with Gasteiger partial charge in [0.2, 0.25) is 0 Å². The van der Waals surface area contributed by atoms with Gasteiger partial charge < -0.3 is 4.74 Å². The Balaban J connectivity index is 1.93. The van der Waals surface area contributed by atoms with Crippen molar-refractivity contribution in [3.63, 3.8) is 0 Å². The average Bonchev–Trinajstić information content (AvgIpc) is 2.51. The highest BCUT2D eigenvalue weighted by molar-refractivity contribution is 7.99. The fourth-order valence-corrected chi connectivity index (χ4v) is 3.20. The molecule has 0 radical (unpaired) electrons. The molecule has 4 heteroatoms. The monoisotopic (exact) mass is 300 g/mol. The van der Waals surface area contributed by atoms with Gasteiger partial charge in [0.05, 0.1) is 7.11 Å². The highest BCUT2D eigenvalue weighted by atomic mass is 32.2. The number of thioether (sulfide) groups is 1. The molecule has 3 rings (SSSR count). The maximum Gasteiger partial charge on any atom is 0.191 e. The van der Waals surface area contributed by atoms with Crippen molar-refractivity contribution in [3.8, 4) is 5.75 Å². The van der Waals surface area contributed by atoms with Crippen LogP contribution in [0.3, 0.4) is 0 Å². The molecule has 0 fully saturated rings. The minimum absolute atomic E-state index is 0.0981. The van der Waals surface area contributed by atoms with Crippen molar-refractivity contribution in [1.82, 2.24) is 0 Å². The van der Waals surface area contributed by atoms with E-state index in [1.165, 1.54) is 12.1 Å². The number of benzene rings is 2. The van der Waals surface area contributed by atoms with Crippen LogP contribution < -0.4 is 4.74 Å². The van der Waals surface area contributed by atoms with Crippen molar-refractivity contribution < 1.29 is 13.9 Å². The zero-order valence-corrected chi connectivity index (χ0v) is 12.2. The molecule has 21 heavy (non-hydrogen) atoms. The van der Waals surface area contributed by atoms with Crippen molar-refractivity contribution in [2.75, 3.05) is 12.9 Å². The molecular weight excluding hydrogens is 287 g/mol. The van der Waals surface area contributed by atoms with Crippen LogP contribution in [0.1, 0.15) is 15.9 Å². The minimum Gasteiger partial charge on any atom is -0.497 e. The standard InChI is InChI=1S/C17H13FO2S/c1-20-14-5-2-11(3-6-14)8-12-10-21-16-7-4-13(18)9-15(16)17(12)19/h2-9H,10H2,1H3. The second-order valence-corrected chi connectivity index (χ2v) is 5.72. The third-order valence-electron chi connectivity index (χ3n) is 3.32. The molecule has 0 aliphatic carbocycles. The SMILES string of the molecule is COc1ccc(C=C2CSc3ccc(F)cc3C2=O)cc1. The first kappa shape index (κ1) is 13.9. The first-order valence-electron chi connectivity index (χ1n) is 6.49. The van der Waals surface area contributed by atoms with Gasteiger partial charge in [-0.15, -0.1) is 11.8 Å². The van der Waals surface area contributed by atoms with E-state index in [0.717, 1.165) is 16.2 Å². The number of carbonyl (C=O) groups excluding carboxylic acids is 1. The molecule has 0 saturated carbocycles. The van der Waals surface area contributed by atoms with Gasteiger partial charge in [-0.3, -0.25) is 4.79 Å². The van der Waals surface area contributed by atoms with Crippen LogP contribution in [0.25, 0.3) is 6.08 Å². The molecule has 0 saturated heterocycles. The molecule has 1 aliphatic heterocycles. The molecular formula is C17H13FO2S. The summed E-state index contributed by atoms with van der Waals surface area (Å²) in [5, 5.41) is 0. The maximum absolute atomic E-state index is 13.3. The highest BCUT2D eigenvalue weighted by Crippen LogP contribution is 2.33. The molecule has 2 aromatic carbocycles. The summed E-state index contributed by atoms with van der Waals surface area (Å²) in [7, 11) is 1.61. The maximum atomic E-state index is 13.3. The summed E-state index contributed by atoms with van der Waals surface area (Å²) in [6.07, 6.45) is 1.85. The number of hydrogen-bond acceptors (Lipinski definition) is 3. The molecule has 2 nitrogen and oxygen atoms in total. The zero-order valence-electron chi connectivity index (χ0n) is 11.4. The van der Waals surface area contributed by atoms with E-state index in [-0.39, 0.29) is 11.6 Å². The second kappa shape index (κ2) is 5.74. The summed E-state index contributed by atoms with van der Waals surface area (Å²) < 4.78 is 18.4. The molecule has 106 valence electrons. The number of hydrogen-bond donors (Lipinski definition) is 0. The first-order chi connectivity index (χ1) is 10.2. The summed E-state index contributed by atoms with van der Waals surface area (Å²) in [6.45, 7) is 0. The van der Waals surface area contributed by atoms with Gasteiger partial charge in [0.1, 0.15) is 11.6 Å². The van der Waals surface area contributed by atoms with Crippen LogP contribution in [0.5, 0.6) is 5.75 Å². The quantitative estimate of drug-likeness (QED) is 0.777. The number of methoxy groups -OCH3 is 1. The Hall–Kier alpha value is -2.07. The lowest BCUT2D eigenvalue weighted by Crippen LogP contribution is -2.12. The molecule has 0 atom stereocenters. The molecule has 0 amide bonds. The Morgan fingerprint density at radius 1 is 1.19 bits per heavy atom. The lowest BCUT2D eigenvalue weighted by molar-refractivity contribution is 0.103. The molecule has 1 aliphatic rings. The number of halogens is 1. The lowest BCUT2D eigenvalue weighted by atomic mass is 10.0. The molecule has 0 spiro atoms. The van der Waals surface area contributed by atoms with Crippen molar-refractivity contribution >= 4 is 23.6 Å². The fraction of sp³-hybridized carbons (Fsp3) is 0.118. The van der Waals surface area contributed by atoms with Crippen molar-refractivity contribution in [1.29, 1.82) is 0 Å². The van der Waals surface area contributed by atoms with E-state index in [1.54, 1.807) is 24.9 Å². The van der Waals surface area contributed by atoms with E-state index in [4.69, 9.17) is 4.74 Å². The number of fused-ring (bicyclic) bond motifs is 1. The third kappa shape index (κ3) is 2.85. The predicted octanol–water partition coefficient (Wildman–Crippen LogP) is 4.21. The van der Waals surface area contributed by atoms with Crippen molar-refractivity contribution in [2.45, 2.75) is 4.90 Å². The first-order valence-corrected chi connectivity index (χ1v) is 7.47. The summed E-state index contributed by atoms with van der Waals surface area (Å²) in [4.78, 5) is 13.3. The number of carbonyl (C=O) groups is 1. The number of Topliss-reactive ketones (excluding diaryl/α,β-unsaturated/α-hetero) is 1. The summed E-state index contributed by atoms with van der Waals surface area (Å²) >= 11 is 1.56. The van der Waals surface area contributed by atoms with E-state index in [0.29, 0.717) is 16.9 Å². The molecule has 0 unspecified atom stereocenters. The third-order valence-corrected chi connectivity index (χ3v) is 4.44. The van der Waals surface area contributed by atoms with Gasteiger partial charge in [-0.2, -0.15) is 0 Å². The molecule has 2 aromatic rings. The van der Waals surface area contributed by atoms with Crippen LogP contribution in [-0.2, 0) is 0 Å². The topological polar surface area (TPSA) is 26.3 Å². The molecule has 0 aromatic heterocycles. The number of rotatable bonds is 2. The van der Waals surface area contributed by atoms with Crippen LogP contribution in [0.4, 0.5) is 4.39 Å². The normalized spacial score (nSPS) is 15.9. The van der Waals surface area contributed by atoms with E-state index in [1.807, 2.05) is 30.3 Å². The van der Waals surface area contributed by atoms with E-state index >= 15 is 0 Å². The Morgan fingerprint density at radius 2 is 1.95 bits per heavy atom. The molecule has 0 N–H and O–H groups in total. The number of ketones is 1. The van der Waals surface area contributed by atoms with Gasteiger partial charge in [-0.05, 0) is 42.0 Å². The van der Waals surface area contributed by atoms with Crippen LogP contribution in [0.15, 0.2) is 52.9 Å². The Labute approximate surface area is 126 Å². The lowest BCUT2D eigenvalue weighted by Gasteiger charge is -2.17. The summed E-state index contributed by atoms with van der Waals surface area (Å²) in [6, 6.07) is 11.8. The van der Waals surface area contributed by atoms with Gasteiger partial charge in [-0.25, -0.2) is 4.39 Å². The largest absolute Gasteiger partial charge is 0.497 e. The Kier molecular flexibility index (Phi) is 3.80. The van der Waals surface area contributed by atoms with Crippen molar-refractivity contribution in [3.05, 3.63) is 65.0 Å². The van der Waals surface area contributed by atoms with Crippen LogP contribution >= 0.6 is 11.8 Å². The van der Waals surface area contributed by atoms with E-state index < -0.39 is 0 Å². The van der Waals surface area contributed by atoms with Crippen LogP contribution in [0, 0.1) is 5.82 Å². The highest BCUT2D eigenvalue weighted by Gasteiger charge is 2.22. The average molecular weight is 300 g/mol. The Morgan fingerprint density at radius 3 is 2.67 bits per heavy atom. The van der Waals surface area contributed by atoms with Gasteiger partial charge in [-0.1, -0.05) is 12.1 Å². The summed E-state index contributed by atoms with van der Waals surface area (Å²) in [5.74, 6) is 0.894. The second-order valence-electron chi connectivity index (χ2n) is 4.70. The van der Waals surface area contributed by atoms with E-state index in [9.17, 15) is 9.18 Å². The van der Waals surface area contributed by atoms with Crippen LogP contribution in [-0.4, -0.2) is 18.6 Å². The van der Waals surface area contributed by atoms with Gasteiger partial charge >= 0.3 is 0 Å². The predicted molar refractivity (Wildman–Crippen MR) is 82.4 cm³/mol. The smallest absolute Gasteiger partial charge is 0.191 e. The minimum atomic E-state index is -0.381. The van der Waals surface area contributed by atoms with Crippen molar-refractivity contribution in [2.24, 2.45) is 0 Å². The molecule has 1 heterocycles. The van der Waals surface area contributed by atoms with Gasteiger partial charge in [0, 0.05) is 21.8 Å². The van der Waals surface area contributed by atoms with Crippen LogP contribution in [0.2, 0.25) is 0 Å². The van der Waals surface area contributed by atoms with E-state index in [2.05, 4.69) is 0 Å². The van der Waals surface area contributed by atoms with Gasteiger partial charge in [0.25, 0.3) is 0 Å². The Bertz CT molecular complexity index is 720. The van der Waals surface area contributed by atoms with Gasteiger partial charge in [0.15, 0.2) is 5.78 Å². The zero-order chi connectivity index (χ0) is 14.8. The number of ether oxygens (including phenoxy) is 1. The fourth-order valence-electron chi connectivity index (χ4n) is 2.21. The summed E-state index contributed by atoms with van der Waals surface area (Å²) in [5.41, 5.74) is 2.06.